The Morgan fingerprint density at radius 1 is 0.889 bits per heavy atom. The van der Waals surface area contributed by atoms with Gasteiger partial charge < -0.3 is 20.1 Å². The Labute approximate surface area is 221 Å². The molecule has 0 unspecified atom stereocenters. The molecule has 1 aliphatic heterocycles. The van der Waals surface area contributed by atoms with Crippen LogP contribution in [0.3, 0.4) is 0 Å². The number of imide groups is 1. The summed E-state index contributed by atoms with van der Waals surface area (Å²) in [5.41, 5.74) is 1.20. The third kappa shape index (κ3) is 4.83. The predicted octanol–water partition coefficient (Wildman–Crippen LogP) is 5.70. The van der Waals surface area contributed by atoms with Crippen molar-refractivity contribution >= 4 is 69.6 Å². The highest BCUT2D eigenvalue weighted by Gasteiger charge is 2.40. The zero-order valence-corrected chi connectivity index (χ0v) is 21.2. The molecule has 4 rings (SSSR count). The molecule has 0 radical (unpaired) electrons. The summed E-state index contributed by atoms with van der Waals surface area (Å²) in [5.74, 6) is -1.08. The molecule has 36 heavy (non-hydrogen) atoms. The number of nitrogens with one attached hydrogen (secondary N) is 2. The molecular weight excluding hydrogens is 529 g/mol. The summed E-state index contributed by atoms with van der Waals surface area (Å²) >= 11 is 18.3. The van der Waals surface area contributed by atoms with Gasteiger partial charge in [-0.1, -0.05) is 40.9 Å². The fraction of sp³-hybridized carbons (Fsp3) is 0.0800. The van der Waals surface area contributed by atoms with Crippen LogP contribution < -0.4 is 25.0 Å². The first-order valence-electron chi connectivity index (χ1n) is 10.4. The molecule has 0 aromatic heterocycles. The lowest BCUT2D eigenvalue weighted by molar-refractivity contribution is -0.120. The van der Waals surface area contributed by atoms with E-state index in [9.17, 15) is 14.4 Å². The first-order valence-corrected chi connectivity index (χ1v) is 11.5. The van der Waals surface area contributed by atoms with E-state index >= 15 is 0 Å². The van der Waals surface area contributed by atoms with Crippen molar-refractivity contribution in [3.63, 3.8) is 0 Å². The molecule has 11 heteroatoms. The zero-order valence-electron chi connectivity index (χ0n) is 18.9. The van der Waals surface area contributed by atoms with Crippen molar-refractivity contribution in [2.45, 2.75) is 0 Å². The fourth-order valence-corrected chi connectivity index (χ4v) is 4.01. The monoisotopic (exact) mass is 545 g/mol. The number of nitrogens with zero attached hydrogens (tertiary/aromatic N) is 1. The Balaban J connectivity index is 1.52. The van der Waals surface area contributed by atoms with Gasteiger partial charge in [-0.3, -0.25) is 14.4 Å². The van der Waals surface area contributed by atoms with Crippen molar-refractivity contribution in [2.75, 3.05) is 29.8 Å². The summed E-state index contributed by atoms with van der Waals surface area (Å²) in [7, 11) is 2.88. The molecular formula is C25H18Cl3N3O5. The molecule has 2 N–H and O–H groups in total. The van der Waals surface area contributed by atoms with Crippen molar-refractivity contribution in [3.8, 4) is 11.5 Å². The van der Waals surface area contributed by atoms with Gasteiger partial charge >= 0.3 is 0 Å². The molecule has 3 aromatic carbocycles. The molecule has 184 valence electrons. The maximum atomic E-state index is 13.2. The number of carbonyl (C=O) groups excluding carboxylic acids is 3. The third-order valence-electron chi connectivity index (χ3n) is 5.27. The standard InChI is InChI=1S/C25H18Cl3N3O5/c1-35-15-10-11-19(36-2)18(12-15)31-24(33)21(28)22(25(31)34)29-14-8-6-13(7-9-14)23(32)30-17-5-3-4-16(26)20(17)27/h3-12,29H,1-2H3,(H,30,32). The van der Waals surface area contributed by atoms with Gasteiger partial charge in [0, 0.05) is 17.3 Å². The lowest BCUT2D eigenvalue weighted by atomic mass is 10.2. The Morgan fingerprint density at radius 3 is 2.28 bits per heavy atom. The van der Waals surface area contributed by atoms with Gasteiger partial charge in [0.25, 0.3) is 17.7 Å². The number of hydrogen-bond acceptors (Lipinski definition) is 6. The Kier molecular flexibility index (Phi) is 7.40. The molecule has 0 atom stereocenters. The van der Waals surface area contributed by atoms with Crippen LogP contribution in [0.2, 0.25) is 10.0 Å². The van der Waals surface area contributed by atoms with Gasteiger partial charge in [0.05, 0.1) is 35.6 Å². The van der Waals surface area contributed by atoms with E-state index in [1.54, 1.807) is 42.5 Å². The van der Waals surface area contributed by atoms with Crippen LogP contribution in [0.4, 0.5) is 17.1 Å². The van der Waals surface area contributed by atoms with Gasteiger partial charge in [0.15, 0.2) is 0 Å². The minimum atomic E-state index is -0.717. The second-order valence-corrected chi connectivity index (χ2v) is 8.59. The minimum Gasteiger partial charge on any atom is -0.497 e. The molecule has 1 heterocycles. The maximum absolute atomic E-state index is 13.2. The number of ether oxygens (including phenoxy) is 2. The number of methoxy groups -OCH3 is 2. The highest BCUT2D eigenvalue weighted by atomic mass is 35.5. The summed E-state index contributed by atoms with van der Waals surface area (Å²) < 4.78 is 10.5. The lowest BCUT2D eigenvalue weighted by Crippen LogP contribution is -2.32. The predicted molar refractivity (Wildman–Crippen MR) is 139 cm³/mol. The number of hydrogen-bond donors (Lipinski definition) is 2. The molecule has 0 aliphatic carbocycles. The minimum absolute atomic E-state index is 0.116. The fourth-order valence-electron chi connectivity index (χ4n) is 3.45. The van der Waals surface area contributed by atoms with Crippen LogP contribution >= 0.6 is 34.8 Å². The molecule has 0 fully saturated rings. The van der Waals surface area contributed by atoms with E-state index in [1.165, 1.54) is 32.4 Å². The molecule has 1 aliphatic rings. The Hall–Kier alpha value is -3.72. The van der Waals surface area contributed by atoms with Crippen molar-refractivity contribution in [2.24, 2.45) is 0 Å². The highest BCUT2D eigenvalue weighted by molar-refractivity contribution is 6.53. The van der Waals surface area contributed by atoms with Crippen molar-refractivity contribution < 1.29 is 23.9 Å². The summed E-state index contributed by atoms with van der Waals surface area (Å²) in [4.78, 5) is 39.5. The average Bonchev–Trinajstić information content (AvgIpc) is 3.09. The Bertz CT molecular complexity index is 1410. The van der Waals surface area contributed by atoms with Crippen molar-refractivity contribution in [1.82, 2.24) is 0 Å². The number of halogens is 3. The van der Waals surface area contributed by atoms with Crippen LogP contribution in [0.5, 0.6) is 11.5 Å². The van der Waals surface area contributed by atoms with Crippen LogP contribution in [0.15, 0.2) is 71.4 Å². The molecule has 8 nitrogen and oxygen atoms in total. The summed E-state index contributed by atoms with van der Waals surface area (Å²) in [6.07, 6.45) is 0. The molecule has 0 saturated carbocycles. The number of rotatable bonds is 7. The normalized spacial score (nSPS) is 13.2. The van der Waals surface area contributed by atoms with E-state index in [1.807, 2.05) is 0 Å². The molecule has 0 saturated heterocycles. The summed E-state index contributed by atoms with van der Waals surface area (Å²) in [5, 5.41) is 5.81. The van der Waals surface area contributed by atoms with E-state index < -0.39 is 17.7 Å². The van der Waals surface area contributed by atoms with Gasteiger partial charge in [0.1, 0.15) is 22.2 Å². The first-order chi connectivity index (χ1) is 17.2. The zero-order chi connectivity index (χ0) is 26.0. The number of anilines is 3. The van der Waals surface area contributed by atoms with Crippen LogP contribution in [0, 0.1) is 0 Å². The van der Waals surface area contributed by atoms with Crippen LogP contribution in [-0.2, 0) is 9.59 Å². The topological polar surface area (TPSA) is 97.0 Å². The van der Waals surface area contributed by atoms with Crippen LogP contribution in [0.1, 0.15) is 10.4 Å². The molecule has 0 spiro atoms. The van der Waals surface area contributed by atoms with E-state index in [0.717, 1.165) is 4.90 Å². The van der Waals surface area contributed by atoms with Gasteiger partial charge in [-0.05, 0) is 48.5 Å². The SMILES string of the molecule is COc1ccc(OC)c(N2C(=O)C(Cl)=C(Nc3ccc(C(=O)Nc4cccc(Cl)c4Cl)cc3)C2=O)c1. The average molecular weight is 547 g/mol. The number of amides is 3. The highest BCUT2D eigenvalue weighted by Crippen LogP contribution is 2.38. The van der Waals surface area contributed by atoms with Gasteiger partial charge in [0.2, 0.25) is 0 Å². The van der Waals surface area contributed by atoms with Crippen LogP contribution in [-0.4, -0.2) is 31.9 Å². The van der Waals surface area contributed by atoms with E-state index in [2.05, 4.69) is 10.6 Å². The number of benzene rings is 3. The molecule has 3 amide bonds. The second-order valence-electron chi connectivity index (χ2n) is 7.43. The quantitative estimate of drug-likeness (QED) is 0.369. The van der Waals surface area contributed by atoms with Gasteiger partial charge in [-0.2, -0.15) is 0 Å². The lowest BCUT2D eigenvalue weighted by Gasteiger charge is -2.19. The van der Waals surface area contributed by atoms with E-state index in [-0.39, 0.29) is 21.4 Å². The van der Waals surface area contributed by atoms with E-state index in [4.69, 9.17) is 44.3 Å². The Morgan fingerprint density at radius 2 is 1.61 bits per heavy atom. The smallest absolute Gasteiger partial charge is 0.283 e. The second kappa shape index (κ2) is 10.5. The van der Waals surface area contributed by atoms with Gasteiger partial charge in [-0.25, -0.2) is 4.90 Å². The summed E-state index contributed by atoms with van der Waals surface area (Å²) in [6, 6.07) is 15.8. The largest absolute Gasteiger partial charge is 0.497 e. The first kappa shape index (κ1) is 25.4. The van der Waals surface area contributed by atoms with E-state index in [0.29, 0.717) is 33.5 Å². The summed E-state index contributed by atoms with van der Waals surface area (Å²) in [6.45, 7) is 0. The van der Waals surface area contributed by atoms with Crippen molar-refractivity contribution in [1.29, 1.82) is 0 Å². The number of carbonyl (C=O) groups is 3. The third-order valence-corrected chi connectivity index (χ3v) is 6.44. The maximum Gasteiger partial charge on any atom is 0.283 e. The van der Waals surface area contributed by atoms with Crippen LogP contribution in [0.25, 0.3) is 0 Å². The molecule has 0 bridgehead atoms. The molecule has 3 aromatic rings. The van der Waals surface area contributed by atoms with Gasteiger partial charge in [-0.15, -0.1) is 0 Å². The van der Waals surface area contributed by atoms with Crippen molar-refractivity contribution in [3.05, 3.63) is 87.0 Å².